The lowest BCUT2D eigenvalue weighted by atomic mass is 9.70. The molecule has 1 aromatic heterocycles. The number of rotatable bonds is 6. The molecule has 1 unspecified atom stereocenters. The second-order valence-electron chi connectivity index (χ2n) is 6.47. The van der Waals surface area contributed by atoms with E-state index in [4.69, 9.17) is 10.5 Å². The molecular weight excluding hydrogens is 321 g/mol. The second-order valence-corrected chi connectivity index (χ2v) is 6.47. The average Bonchev–Trinajstić information content (AvgIpc) is 2.61. The highest BCUT2D eigenvalue weighted by Gasteiger charge is 2.47. The van der Waals surface area contributed by atoms with Gasteiger partial charge in [-0.3, -0.25) is 9.78 Å². The van der Waals surface area contributed by atoms with Crippen molar-refractivity contribution in [2.24, 2.45) is 11.7 Å². The van der Waals surface area contributed by atoms with E-state index in [9.17, 15) is 9.18 Å². The molecule has 0 saturated heterocycles. The maximum atomic E-state index is 13.2. The van der Waals surface area contributed by atoms with E-state index in [1.807, 2.05) is 12.1 Å². The first-order valence-electron chi connectivity index (χ1n) is 8.28. The molecule has 0 radical (unpaired) electrons. The number of amides is 1. The number of benzene rings is 1. The molecule has 0 aliphatic heterocycles. The van der Waals surface area contributed by atoms with Crippen LogP contribution >= 0.6 is 0 Å². The van der Waals surface area contributed by atoms with Crippen LogP contribution in [0.5, 0.6) is 0 Å². The van der Waals surface area contributed by atoms with E-state index in [0.717, 1.165) is 11.1 Å². The highest BCUT2D eigenvalue weighted by atomic mass is 19.1. The lowest BCUT2D eigenvalue weighted by Crippen LogP contribution is -2.55. The van der Waals surface area contributed by atoms with Crippen molar-refractivity contribution in [1.29, 1.82) is 0 Å². The third-order valence-electron chi connectivity index (χ3n) is 4.94. The van der Waals surface area contributed by atoms with Crippen LogP contribution in [-0.2, 0) is 9.53 Å². The summed E-state index contributed by atoms with van der Waals surface area (Å²) in [5.74, 6) is -0.490. The Bertz CT molecular complexity index is 709. The van der Waals surface area contributed by atoms with Gasteiger partial charge in [0, 0.05) is 32.0 Å². The predicted molar refractivity (Wildman–Crippen MR) is 92.1 cm³/mol. The van der Waals surface area contributed by atoms with Crippen LogP contribution < -0.4 is 11.1 Å². The molecule has 25 heavy (non-hydrogen) atoms. The molecule has 3 N–H and O–H groups in total. The van der Waals surface area contributed by atoms with E-state index >= 15 is 0 Å². The zero-order valence-corrected chi connectivity index (χ0v) is 14.1. The number of hydrogen-bond donors (Lipinski definition) is 2. The van der Waals surface area contributed by atoms with Gasteiger partial charge >= 0.3 is 0 Å². The van der Waals surface area contributed by atoms with Gasteiger partial charge in [-0.25, -0.2) is 4.39 Å². The van der Waals surface area contributed by atoms with Crippen molar-refractivity contribution in [2.45, 2.75) is 24.5 Å². The third-order valence-corrected chi connectivity index (χ3v) is 4.94. The lowest BCUT2D eigenvalue weighted by Gasteiger charge is -2.45. The fraction of sp³-hybridized carbons (Fsp3) is 0.368. The van der Waals surface area contributed by atoms with Crippen LogP contribution in [0.15, 0.2) is 48.8 Å². The van der Waals surface area contributed by atoms with Gasteiger partial charge in [0.05, 0.1) is 11.6 Å². The summed E-state index contributed by atoms with van der Waals surface area (Å²) in [5.41, 5.74) is 7.07. The molecule has 132 valence electrons. The number of nitrogens with zero attached hydrogens (tertiary/aromatic N) is 1. The number of pyridine rings is 1. The minimum Gasteiger partial charge on any atom is -0.377 e. The summed E-state index contributed by atoms with van der Waals surface area (Å²) in [6.07, 6.45) is 4.56. The molecule has 5 nitrogen and oxygen atoms in total. The van der Waals surface area contributed by atoms with Gasteiger partial charge in [-0.2, -0.15) is 0 Å². The Morgan fingerprint density at radius 1 is 1.28 bits per heavy atom. The van der Waals surface area contributed by atoms with Crippen molar-refractivity contribution in [3.05, 3.63) is 65.7 Å². The summed E-state index contributed by atoms with van der Waals surface area (Å²) >= 11 is 0. The van der Waals surface area contributed by atoms with Crippen LogP contribution in [0.25, 0.3) is 0 Å². The van der Waals surface area contributed by atoms with Crippen LogP contribution in [-0.4, -0.2) is 30.1 Å². The number of aromatic nitrogens is 1. The Labute approximate surface area is 146 Å². The quantitative estimate of drug-likeness (QED) is 0.843. The topological polar surface area (TPSA) is 77.2 Å². The maximum absolute atomic E-state index is 13.2. The molecule has 6 heteroatoms. The van der Waals surface area contributed by atoms with E-state index in [2.05, 4.69) is 10.3 Å². The molecule has 0 spiro atoms. The van der Waals surface area contributed by atoms with Gasteiger partial charge in [-0.1, -0.05) is 12.1 Å². The van der Waals surface area contributed by atoms with Crippen molar-refractivity contribution in [3.63, 3.8) is 0 Å². The van der Waals surface area contributed by atoms with Gasteiger partial charge in [0.2, 0.25) is 5.91 Å². The first kappa shape index (κ1) is 17.5. The summed E-state index contributed by atoms with van der Waals surface area (Å²) in [4.78, 5) is 16.7. The molecule has 1 heterocycles. The molecule has 1 amide bonds. The summed E-state index contributed by atoms with van der Waals surface area (Å²) in [6.45, 7) is 0.402. The molecule has 1 aliphatic rings. The van der Waals surface area contributed by atoms with Gasteiger partial charge in [0.25, 0.3) is 0 Å². The van der Waals surface area contributed by atoms with E-state index in [-0.39, 0.29) is 29.3 Å². The summed E-state index contributed by atoms with van der Waals surface area (Å²) in [7, 11) is 1.62. The van der Waals surface area contributed by atoms with Crippen LogP contribution in [0.1, 0.15) is 30.0 Å². The highest BCUT2D eigenvalue weighted by Crippen LogP contribution is 2.40. The number of methoxy groups -OCH3 is 1. The number of hydrogen-bond acceptors (Lipinski definition) is 4. The Morgan fingerprint density at radius 2 is 1.88 bits per heavy atom. The number of nitrogens with one attached hydrogen (secondary N) is 1. The molecule has 2 aromatic rings. The van der Waals surface area contributed by atoms with Gasteiger partial charge in [-0.05, 0) is 48.2 Å². The highest BCUT2D eigenvalue weighted by molar-refractivity contribution is 5.81. The standard InChI is InChI=1S/C19H22FN3O2/c1-25-19(12-21)10-15(11-19)18(24)23-17(14-6-8-22-9-7-14)13-2-4-16(20)5-3-13/h2-9,15,17H,10-12,21H2,1H3,(H,23,24). The average molecular weight is 343 g/mol. The number of ether oxygens (including phenoxy) is 1. The lowest BCUT2D eigenvalue weighted by molar-refractivity contribution is -0.145. The summed E-state index contributed by atoms with van der Waals surface area (Å²) in [6, 6.07) is 9.48. The van der Waals surface area contributed by atoms with Crippen molar-refractivity contribution in [3.8, 4) is 0 Å². The smallest absolute Gasteiger partial charge is 0.224 e. The largest absolute Gasteiger partial charge is 0.377 e. The number of halogens is 1. The molecule has 1 aliphatic carbocycles. The van der Waals surface area contributed by atoms with Crippen molar-refractivity contribution >= 4 is 5.91 Å². The van der Waals surface area contributed by atoms with Crippen LogP contribution in [0, 0.1) is 11.7 Å². The Kier molecular flexibility index (Phi) is 5.11. The number of nitrogens with two attached hydrogens (primary N) is 1. The van der Waals surface area contributed by atoms with E-state index in [0.29, 0.717) is 19.4 Å². The summed E-state index contributed by atoms with van der Waals surface area (Å²) in [5, 5.41) is 3.07. The minimum atomic E-state index is -0.385. The van der Waals surface area contributed by atoms with Crippen LogP contribution in [0.2, 0.25) is 0 Å². The molecule has 3 rings (SSSR count). The van der Waals surface area contributed by atoms with Gasteiger partial charge in [-0.15, -0.1) is 0 Å². The summed E-state index contributed by atoms with van der Waals surface area (Å²) < 4.78 is 18.7. The second kappa shape index (κ2) is 7.29. The molecule has 1 fully saturated rings. The third kappa shape index (κ3) is 3.70. The first-order valence-corrected chi connectivity index (χ1v) is 8.28. The van der Waals surface area contributed by atoms with E-state index in [1.165, 1.54) is 12.1 Å². The SMILES string of the molecule is COC1(CN)CC(C(=O)NC(c2ccncc2)c2ccc(F)cc2)C1. The minimum absolute atomic E-state index is 0.0488. The number of carbonyl (C=O) groups is 1. The molecule has 1 aromatic carbocycles. The predicted octanol–water partition coefficient (Wildman–Crippen LogP) is 2.18. The van der Waals surface area contributed by atoms with Crippen molar-refractivity contribution in [1.82, 2.24) is 10.3 Å². The molecule has 1 atom stereocenters. The Hall–Kier alpha value is -2.31. The molecular formula is C19H22FN3O2. The Balaban J connectivity index is 1.77. The fourth-order valence-electron chi connectivity index (χ4n) is 3.27. The Morgan fingerprint density at radius 3 is 2.44 bits per heavy atom. The molecule has 1 saturated carbocycles. The van der Waals surface area contributed by atoms with Crippen molar-refractivity contribution in [2.75, 3.05) is 13.7 Å². The fourth-order valence-corrected chi connectivity index (χ4v) is 3.27. The van der Waals surface area contributed by atoms with Crippen LogP contribution in [0.3, 0.4) is 0 Å². The zero-order valence-electron chi connectivity index (χ0n) is 14.1. The maximum Gasteiger partial charge on any atom is 0.224 e. The first-order chi connectivity index (χ1) is 12.1. The molecule has 0 bridgehead atoms. The van der Waals surface area contributed by atoms with E-state index < -0.39 is 0 Å². The van der Waals surface area contributed by atoms with Gasteiger partial charge < -0.3 is 15.8 Å². The van der Waals surface area contributed by atoms with Crippen LogP contribution in [0.4, 0.5) is 4.39 Å². The monoisotopic (exact) mass is 343 g/mol. The van der Waals surface area contributed by atoms with Crippen molar-refractivity contribution < 1.29 is 13.9 Å². The van der Waals surface area contributed by atoms with Gasteiger partial charge in [0.1, 0.15) is 5.82 Å². The van der Waals surface area contributed by atoms with Gasteiger partial charge in [0.15, 0.2) is 0 Å². The normalized spacial score (nSPS) is 23.6. The zero-order chi connectivity index (χ0) is 17.9. The van der Waals surface area contributed by atoms with E-state index in [1.54, 1.807) is 31.6 Å². The number of carbonyl (C=O) groups excluding carboxylic acids is 1.